The zero-order valence-corrected chi connectivity index (χ0v) is 9.02. The van der Waals surface area contributed by atoms with E-state index in [-0.39, 0.29) is 0 Å². The highest BCUT2D eigenvalue weighted by molar-refractivity contribution is 6.73. The first-order chi connectivity index (χ1) is 5.24. The zero-order valence-electron chi connectivity index (χ0n) is 8.02. The molecule has 66 valence electrons. The molecule has 0 fully saturated rings. The Morgan fingerprint density at radius 3 is 1.91 bits per heavy atom. The van der Waals surface area contributed by atoms with Crippen molar-refractivity contribution in [2.75, 3.05) is 6.61 Å². The summed E-state index contributed by atoms with van der Waals surface area (Å²) in [6, 6.07) is 3.69. The van der Waals surface area contributed by atoms with E-state index in [2.05, 4.69) is 27.4 Å². The van der Waals surface area contributed by atoms with Crippen LogP contribution >= 0.6 is 0 Å². The Kier molecular flexibility index (Phi) is 5.51. The Bertz CT molecular complexity index is 99.9. The first-order valence-electron chi connectivity index (χ1n) is 4.49. The molecule has 0 atom stereocenters. The smallest absolute Gasteiger partial charge is 0.192 e. The van der Waals surface area contributed by atoms with Crippen molar-refractivity contribution >= 4 is 8.32 Å². The van der Waals surface area contributed by atoms with Gasteiger partial charge in [0.25, 0.3) is 0 Å². The first-order valence-corrected chi connectivity index (χ1v) is 7.02. The fourth-order valence-corrected chi connectivity index (χ4v) is 3.88. The Morgan fingerprint density at radius 2 is 1.64 bits per heavy atom. The van der Waals surface area contributed by atoms with Crippen LogP contribution in [0.1, 0.15) is 20.8 Å². The van der Waals surface area contributed by atoms with Gasteiger partial charge in [0.1, 0.15) is 0 Å². The molecule has 0 radical (unpaired) electrons. The van der Waals surface area contributed by atoms with Gasteiger partial charge in [0.15, 0.2) is 8.32 Å². The molecule has 0 heterocycles. The molecule has 0 spiro atoms. The van der Waals surface area contributed by atoms with E-state index in [1.807, 2.05) is 6.08 Å². The van der Waals surface area contributed by atoms with E-state index < -0.39 is 8.32 Å². The van der Waals surface area contributed by atoms with Crippen molar-refractivity contribution in [3.8, 4) is 0 Å². The van der Waals surface area contributed by atoms with E-state index in [1.165, 1.54) is 18.1 Å². The summed E-state index contributed by atoms with van der Waals surface area (Å²) < 4.78 is 5.85. The minimum Gasteiger partial charge on any atom is -0.413 e. The molecule has 2 heteroatoms. The SMILES string of the molecule is C=CCO[Si](CC)(CC)CC. The van der Waals surface area contributed by atoms with Crippen LogP contribution in [0.2, 0.25) is 18.1 Å². The van der Waals surface area contributed by atoms with Gasteiger partial charge in [-0.15, -0.1) is 6.58 Å². The van der Waals surface area contributed by atoms with Crippen molar-refractivity contribution in [3.63, 3.8) is 0 Å². The van der Waals surface area contributed by atoms with E-state index >= 15 is 0 Å². The van der Waals surface area contributed by atoms with Gasteiger partial charge in [-0.3, -0.25) is 0 Å². The van der Waals surface area contributed by atoms with Crippen molar-refractivity contribution in [2.24, 2.45) is 0 Å². The molecule has 0 bridgehead atoms. The predicted octanol–water partition coefficient (Wildman–Crippen LogP) is 3.19. The fourth-order valence-electron chi connectivity index (χ4n) is 1.29. The molecular formula is C9H20OSi. The molecule has 0 saturated carbocycles. The summed E-state index contributed by atoms with van der Waals surface area (Å²) in [5.41, 5.74) is 0. The van der Waals surface area contributed by atoms with Gasteiger partial charge in [-0.05, 0) is 18.1 Å². The fraction of sp³-hybridized carbons (Fsp3) is 0.778. The quantitative estimate of drug-likeness (QED) is 0.441. The molecule has 0 aliphatic rings. The van der Waals surface area contributed by atoms with Gasteiger partial charge in [-0.2, -0.15) is 0 Å². The van der Waals surface area contributed by atoms with Crippen LogP contribution in [0, 0.1) is 0 Å². The van der Waals surface area contributed by atoms with Gasteiger partial charge >= 0.3 is 0 Å². The zero-order chi connectivity index (χ0) is 8.74. The third-order valence-electron chi connectivity index (χ3n) is 2.44. The topological polar surface area (TPSA) is 9.23 Å². The first kappa shape index (κ1) is 10.9. The maximum absolute atomic E-state index is 5.85. The summed E-state index contributed by atoms with van der Waals surface area (Å²) in [5.74, 6) is 0. The Morgan fingerprint density at radius 1 is 1.18 bits per heavy atom. The van der Waals surface area contributed by atoms with Crippen molar-refractivity contribution in [3.05, 3.63) is 12.7 Å². The normalized spacial score (nSPS) is 11.5. The van der Waals surface area contributed by atoms with Gasteiger partial charge in [0.2, 0.25) is 0 Å². The lowest BCUT2D eigenvalue weighted by Gasteiger charge is -2.27. The maximum atomic E-state index is 5.85. The molecule has 0 aromatic carbocycles. The predicted molar refractivity (Wildman–Crippen MR) is 53.3 cm³/mol. The molecular weight excluding hydrogens is 152 g/mol. The van der Waals surface area contributed by atoms with Crippen LogP contribution in [-0.4, -0.2) is 14.9 Å². The number of hydrogen-bond acceptors (Lipinski definition) is 1. The van der Waals surface area contributed by atoms with Gasteiger partial charge in [-0.25, -0.2) is 0 Å². The second kappa shape index (κ2) is 5.55. The third kappa shape index (κ3) is 3.21. The van der Waals surface area contributed by atoms with Gasteiger partial charge in [0.05, 0.1) is 6.61 Å². The Hall–Kier alpha value is -0.0831. The minimum atomic E-state index is -1.31. The van der Waals surface area contributed by atoms with Gasteiger partial charge < -0.3 is 4.43 Å². The average molecular weight is 172 g/mol. The molecule has 0 amide bonds. The van der Waals surface area contributed by atoms with Crippen LogP contribution in [-0.2, 0) is 4.43 Å². The van der Waals surface area contributed by atoms with Crippen LogP contribution in [0.15, 0.2) is 12.7 Å². The molecule has 0 aromatic rings. The summed E-state index contributed by atoms with van der Waals surface area (Å²) in [6.45, 7) is 11.1. The highest BCUT2D eigenvalue weighted by Gasteiger charge is 2.27. The summed E-state index contributed by atoms with van der Waals surface area (Å²) >= 11 is 0. The molecule has 0 N–H and O–H groups in total. The lowest BCUT2D eigenvalue weighted by Crippen LogP contribution is -2.35. The molecule has 0 unspecified atom stereocenters. The monoisotopic (exact) mass is 172 g/mol. The molecule has 1 nitrogen and oxygen atoms in total. The molecule has 0 aromatic heterocycles. The standard InChI is InChI=1S/C9H20OSi/c1-5-9-10-11(6-2,7-3)8-4/h5H,1,6-9H2,2-4H3. The van der Waals surface area contributed by atoms with Crippen LogP contribution in [0.4, 0.5) is 0 Å². The van der Waals surface area contributed by atoms with Crippen LogP contribution in [0.5, 0.6) is 0 Å². The molecule has 0 aliphatic heterocycles. The lowest BCUT2D eigenvalue weighted by atomic mass is 10.7. The van der Waals surface area contributed by atoms with Crippen LogP contribution in [0.25, 0.3) is 0 Å². The minimum absolute atomic E-state index is 0.738. The maximum Gasteiger partial charge on any atom is 0.192 e. The molecule has 0 saturated heterocycles. The van der Waals surface area contributed by atoms with Crippen molar-refractivity contribution in [1.82, 2.24) is 0 Å². The van der Waals surface area contributed by atoms with Gasteiger partial charge in [-0.1, -0.05) is 26.8 Å². The molecule has 11 heavy (non-hydrogen) atoms. The summed E-state index contributed by atoms with van der Waals surface area (Å²) in [5, 5.41) is 0. The van der Waals surface area contributed by atoms with Crippen LogP contribution < -0.4 is 0 Å². The highest BCUT2D eigenvalue weighted by Crippen LogP contribution is 2.21. The van der Waals surface area contributed by atoms with Crippen molar-refractivity contribution in [1.29, 1.82) is 0 Å². The van der Waals surface area contributed by atoms with E-state index in [4.69, 9.17) is 4.43 Å². The van der Waals surface area contributed by atoms with Crippen molar-refractivity contribution in [2.45, 2.75) is 38.9 Å². The second-order valence-corrected chi connectivity index (χ2v) is 7.62. The summed E-state index contributed by atoms with van der Waals surface area (Å²) in [6.07, 6.45) is 1.85. The Labute approximate surface area is 71.6 Å². The number of hydrogen-bond donors (Lipinski definition) is 0. The lowest BCUT2D eigenvalue weighted by molar-refractivity contribution is 0.343. The highest BCUT2D eigenvalue weighted by atomic mass is 28.4. The second-order valence-electron chi connectivity index (χ2n) is 2.84. The largest absolute Gasteiger partial charge is 0.413 e. The van der Waals surface area contributed by atoms with E-state index in [1.54, 1.807) is 0 Å². The molecule has 0 rings (SSSR count). The van der Waals surface area contributed by atoms with E-state index in [9.17, 15) is 0 Å². The summed E-state index contributed by atoms with van der Waals surface area (Å²) in [7, 11) is -1.31. The average Bonchev–Trinajstić information content (AvgIpc) is 2.08. The van der Waals surface area contributed by atoms with Crippen LogP contribution in [0.3, 0.4) is 0 Å². The van der Waals surface area contributed by atoms with E-state index in [0.29, 0.717) is 0 Å². The Balaban J connectivity index is 3.93. The van der Waals surface area contributed by atoms with Crippen molar-refractivity contribution < 1.29 is 4.43 Å². The van der Waals surface area contributed by atoms with Gasteiger partial charge in [0, 0.05) is 0 Å². The number of rotatable bonds is 6. The third-order valence-corrected chi connectivity index (χ3v) is 7.09. The van der Waals surface area contributed by atoms with E-state index in [0.717, 1.165) is 6.61 Å². The molecule has 0 aliphatic carbocycles. The summed E-state index contributed by atoms with van der Waals surface area (Å²) in [4.78, 5) is 0.